The Bertz CT molecular complexity index is 889. The Kier molecular flexibility index (Phi) is 10.7. The summed E-state index contributed by atoms with van der Waals surface area (Å²) >= 11 is 0. The van der Waals surface area contributed by atoms with E-state index in [9.17, 15) is 0 Å². The first-order valence-corrected chi connectivity index (χ1v) is 14.0. The molecule has 2 aromatic heterocycles. The fourth-order valence-corrected chi connectivity index (χ4v) is 5.21. The second-order valence-corrected chi connectivity index (χ2v) is 10.4. The van der Waals surface area contributed by atoms with Crippen LogP contribution in [0.25, 0.3) is 0 Å². The van der Waals surface area contributed by atoms with Crippen LogP contribution >= 0.6 is 0 Å². The van der Waals surface area contributed by atoms with Gasteiger partial charge in [-0.05, 0) is 78.2 Å². The number of nitrogens with one attached hydrogen (secondary N) is 4. The first kappa shape index (κ1) is 26.8. The third kappa shape index (κ3) is 8.67. The van der Waals surface area contributed by atoms with Gasteiger partial charge in [-0.3, -0.25) is 4.68 Å². The van der Waals surface area contributed by atoms with E-state index in [1.54, 1.807) is 0 Å². The van der Waals surface area contributed by atoms with E-state index >= 15 is 0 Å². The first-order chi connectivity index (χ1) is 17.7. The fraction of sp³-hybridized carbons (Fsp3) is 0.769. The predicted octanol–water partition coefficient (Wildman–Crippen LogP) is 2.47. The minimum atomic E-state index is 0.515. The molecule has 10 nitrogen and oxygen atoms in total. The van der Waals surface area contributed by atoms with E-state index in [1.807, 2.05) is 17.8 Å². The topological polar surface area (TPSA) is 108 Å². The Morgan fingerprint density at radius 3 is 2.67 bits per heavy atom. The van der Waals surface area contributed by atoms with Gasteiger partial charge in [0, 0.05) is 37.4 Å². The molecule has 2 aromatic rings. The van der Waals surface area contributed by atoms with E-state index in [4.69, 9.17) is 4.98 Å². The van der Waals surface area contributed by atoms with Gasteiger partial charge in [0.15, 0.2) is 0 Å². The maximum Gasteiger partial charge on any atom is 0.225 e. The summed E-state index contributed by atoms with van der Waals surface area (Å²) in [6.07, 6.45) is 13.4. The van der Waals surface area contributed by atoms with Crippen LogP contribution in [0, 0.1) is 6.92 Å². The molecule has 0 unspecified atom stereocenters. The Morgan fingerprint density at radius 2 is 1.83 bits per heavy atom. The van der Waals surface area contributed by atoms with Crippen molar-refractivity contribution in [2.45, 2.75) is 89.9 Å². The maximum absolute atomic E-state index is 4.76. The minimum Gasteiger partial charge on any atom is -0.356 e. The van der Waals surface area contributed by atoms with Crippen LogP contribution in [0.15, 0.2) is 12.3 Å². The number of hydrogen-bond donors (Lipinski definition) is 4. The van der Waals surface area contributed by atoms with Crippen molar-refractivity contribution in [2.75, 3.05) is 50.0 Å². The van der Waals surface area contributed by atoms with E-state index < -0.39 is 0 Å². The van der Waals surface area contributed by atoms with Gasteiger partial charge in [-0.1, -0.05) is 24.5 Å². The van der Waals surface area contributed by atoms with Crippen LogP contribution in [-0.2, 0) is 13.1 Å². The second-order valence-electron chi connectivity index (χ2n) is 10.4. The van der Waals surface area contributed by atoms with E-state index in [0.717, 1.165) is 81.8 Å². The Hall–Kier alpha value is -2.30. The highest BCUT2D eigenvalue weighted by Crippen LogP contribution is 2.20. The zero-order valence-electron chi connectivity index (χ0n) is 22.3. The van der Waals surface area contributed by atoms with E-state index in [0.29, 0.717) is 18.5 Å². The summed E-state index contributed by atoms with van der Waals surface area (Å²) in [5, 5.41) is 22.6. The molecule has 36 heavy (non-hydrogen) atoms. The van der Waals surface area contributed by atoms with Gasteiger partial charge in [0.05, 0.1) is 12.7 Å². The number of rotatable bonds is 14. The molecule has 0 bridgehead atoms. The SMILES string of the molecule is Cc1cc(N(C)C2CCNCC2)nc(NCc2cn(CCCNCCCNC3CCCCC3)nn2)n1. The van der Waals surface area contributed by atoms with Crippen LogP contribution in [0.2, 0.25) is 0 Å². The molecule has 1 saturated heterocycles. The lowest BCUT2D eigenvalue weighted by atomic mass is 9.95. The summed E-state index contributed by atoms with van der Waals surface area (Å²) in [6.45, 7) is 8.76. The molecule has 2 aliphatic rings. The summed E-state index contributed by atoms with van der Waals surface area (Å²) < 4.78 is 1.93. The summed E-state index contributed by atoms with van der Waals surface area (Å²) in [4.78, 5) is 11.6. The molecule has 0 aromatic carbocycles. The molecule has 1 aliphatic carbocycles. The lowest BCUT2D eigenvalue weighted by Gasteiger charge is -2.32. The number of nitrogens with zero attached hydrogens (tertiary/aromatic N) is 6. The predicted molar refractivity (Wildman–Crippen MR) is 145 cm³/mol. The van der Waals surface area contributed by atoms with Crippen LogP contribution in [0.1, 0.15) is 69.2 Å². The van der Waals surface area contributed by atoms with Crippen molar-refractivity contribution in [2.24, 2.45) is 0 Å². The zero-order chi connectivity index (χ0) is 25.0. The number of anilines is 2. The van der Waals surface area contributed by atoms with Crippen molar-refractivity contribution >= 4 is 11.8 Å². The lowest BCUT2D eigenvalue weighted by Crippen LogP contribution is -2.41. The van der Waals surface area contributed by atoms with Crippen LogP contribution in [-0.4, -0.2) is 76.8 Å². The molecule has 2 fully saturated rings. The number of hydrogen-bond acceptors (Lipinski definition) is 9. The van der Waals surface area contributed by atoms with Crippen molar-refractivity contribution < 1.29 is 0 Å². The molecule has 0 spiro atoms. The Balaban J connectivity index is 1.11. The van der Waals surface area contributed by atoms with Gasteiger partial charge in [0.2, 0.25) is 5.95 Å². The summed E-state index contributed by atoms with van der Waals surface area (Å²) in [5.74, 6) is 1.61. The molecular formula is C26H46N10. The quantitative estimate of drug-likeness (QED) is 0.292. The third-order valence-electron chi connectivity index (χ3n) is 7.38. The normalized spacial score (nSPS) is 17.4. The second kappa shape index (κ2) is 14.4. The number of piperidine rings is 1. The highest BCUT2D eigenvalue weighted by molar-refractivity contribution is 5.45. The summed E-state index contributed by atoms with van der Waals surface area (Å²) in [5.41, 5.74) is 1.86. The first-order valence-electron chi connectivity index (χ1n) is 14.0. The third-order valence-corrected chi connectivity index (χ3v) is 7.38. The maximum atomic E-state index is 4.76. The smallest absolute Gasteiger partial charge is 0.225 e. The monoisotopic (exact) mass is 498 g/mol. The lowest BCUT2D eigenvalue weighted by molar-refractivity contribution is 0.371. The molecule has 10 heteroatoms. The van der Waals surface area contributed by atoms with Crippen LogP contribution in [0.5, 0.6) is 0 Å². The molecular weight excluding hydrogens is 452 g/mol. The van der Waals surface area contributed by atoms with Crippen molar-refractivity contribution in [1.82, 2.24) is 40.9 Å². The Labute approximate surface area is 216 Å². The number of aryl methyl sites for hydroxylation is 2. The largest absolute Gasteiger partial charge is 0.356 e. The molecule has 1 saturated carbocycles. The molecule has 4 N–H and O–H groups in total. The summed E-state index contributed by atoms with van der Waals surface area (Å²) in [7, 11) is 2.14. The molecule has 0 atom stereocenters. The van der Waals surface area contributed by atoms with Crippen LogP contribution < -0.4 is 26.2 Å². The molecule has 4 rings (SSSR count). The van der Waals surface area contributed by atoms with E-state index in [1.165, 1.54) is 38.5 Å². The average Bonchev–Trinajstić information content (AvgIpc) is 3.37. The van der Waals surface area contributed by atoms with Crippen molar-refractivity contribution in [1.29, 1.82) is 0 Å². The molecule has 3 heterocycles. The minimum absolute atomic E-state index is 0.515. The standard InChI is InChI=1S/C26H46N10/c1-21-18-25(35(2)24-10-15-28-16-11-24)32-26(31-21)30-19-23-20-36(34-33-23)17-7-13-27-12-6-14-29-22-8-4-3-5-9-22/h18,20,22,24,27-29H,3-17,19H2,1-2H3,(H,30,31,32). The molecule has 0 amide bonds. The molecule has 200 valence electrons. The van der Waals surface area contributed by atoms with Crippen LogP contribution in [0.4, 0.5) is 11.8 Å². The van der Waals surface area contributed by atoms with Crippen LogP contribution in [0.3, 0.4) is 0 Å². The van der Waals surface area contributed by atoms with E-state index in [2.05, 4.69) is 54.6 Å². The molecule has 0 radical (unpaired) electrons. The zero-order valence-corrected chi connectivity index (χ0v) is 22.3. The van der Waals surface area contributed by atoms with E-state index in [-0.39, 0.29) is 0 Å². The van der Waals surface area contributed by atoms with Crippen molar-refractivity contribution in [3.63, 3.8) is 0 Å². The average molecular weight is 499 g/mol. The van der Waals surface area contributed by atoms with Gasteiger partial charge >= 0.3 is 0 Å². The van der Waals surface area contributed by atoms with Gasteiger partial charge in [-0.2, -0.15) is 4.98 Å². The fourth-order valence-electron chi connectivity index (χ4n) is 5.21. The van der Waals surface area contributed by atoms with Gasteiger partial charge in [0.1, 0.15) is 11.5 Å². The van der Waals surface area contributed by atoms with Crippen molar-refractivity contribution in [3.05, 3.63) is 23.7 Å². The van der Waals surface area contributed by atoms with Gasteiger partial charge < -0.3 is 26.2 Å². The Morgan fingerprint density at radius 1 is 1.03 bits per heavy atom. The van der Waals surface area contributed by atoms with Gasteiger partial charge in [-0.15, -0.1) is 5.10 Å². The number of aromatic nitrogens is 5. The highest BCUT2D eigenvalue weighted by atomic mass is 15.4. The summed E-state index contributed by atoms with van der Waals surface area (Å²) in [6, 6.07) is 3.33. The van der Waals surface area contributed by atoms with Gasteiger partial charge in [0.25, 0.3) is 0 Å². The molecule has 1 aliphatic heterocycles. The van der Waals surface area contributed by atoms with Crippen molar-refractivity contribution in [3.8, 4) is 0 Å². The van der Waals surface area contributed by atoms with Gasteiger partial charge in [-0.25, -0.2) is 4.98 Å². The highest BCUT2D eigenvalue weighted by Gasteiger charge is 2.20.